The molecule has 0 atom stereocenters. The Kier molecular flexibility index (Phi) is 6.36. The van der Waals surface area contributed by atoms with E-state index in [2.05, 4.69) is 6.07 Å². The lowest BCUT2D eigenvalue weighted by Gasteiger charge is -2.22. The van der Waals surface area contributed by atoms with Crippen molar-refractivity contribution in [3.8, 4) is 0 Å². The van der Waals surface area contributed by atoms with Gasteiger partial charge in [0, 0.05) is 42.2 Å². The lowest BCUT2D eigenvalue weighted by Crippen LogP contribution is -2.32. The van der Waals surface area contributed by atoms with Crippen molar-refractivity contribution < 1.29 is 17.6 Å². The summed E-state index contributed by atoms with van der Waals surface area (Å²) in [7, 11) is -3.48. The summed E-state index contributed by atoms with van der Waals surface area (Å²) in [5.74, 6) is -0.127. The SMILES string of the molecule is O=C(c1ccc(S(=O)(=O)N2CCCC2)cc1)N(CCc1cccs1)Cc1ccoc1. The predicted octanol–water partition coefficient (Wildman–Crippen LogP) is 4.01. The highest BCUT2D eigenvalue weighted by molar-refractivity contribution is 7.89. The maximum Gasteiger partial charge on any atom is 0.254 e. The molecule has 2 aromatic heterocycles. The Hall–Kier alpha value is -2.42. The molecule has 0 bridgehead atoms. The van der Waals surface area contributed by atoms with E-state index in [1.54, 1.807) is 40.9 Å². The lowest BCUT2D eigenvalue weighted by atomic mass is 10.1. The van der Waals surface area contributed by atoms with Crippen LogP contribution in [0.3, 0.4) is 0 Å². The number of sulfonamides is 1. The van der Waals surface area contributed by atoms with Gasteiger partial charge in [-0.1, -0.05) is 6.07 Å². The third kappa shape index (κ3) is 4.66. The minimum atomic E-state index is -3.48. The van der Waals surface area contributed by atoms with Gasteiger partial charge in [0.15, 0.2) is 0 Å². The van der Waals surface area contributed by atoms with Gasteiger partial charge in [-0.25, -0.2) is 8.42 Å². The molecule has 158 valence electrons. The van der Waals surface area contributed by atoms with Gasteiger partial charge < -0.3 is 9.32 Å². The minimum absolute atomic E-state index is 0.127. The number of nitrogens with zero attached hydrogens (tertiary/aromatic N) is 2. The molecule has 4 rings (SSSR count). The summed E-state index contributed by atoms with van der Waals surface area (Å²) >= 11 is 1.67. The van der Waals surface area contributed by atoms with Crippen LogP contribution < -0.4 is 0 Å². The van der Waals surface area contributed by atoms with Crippen LogP contribution in [0.4, 0.5) is 0 Å². The van der Waals surface area contributed by atoms with Crippen LogP contribution in [0, 0.1) is 0 Å². The highest BCUT2D eigenvalue weighted by atomic mass is 32.2. The number of hydrogen-bond acceptors (Lipinski definition) is 5. The normalized spacial score (nSPS) is 14.8. The number of hydrogen-bond donors (Lipinski definition) is 0. The number of amides is 1. The van der Waals surface area contributed by atoms with E-state index in [-0.39, 0.29) is 10.8 Å². The molecule has 0 unspecified atom stereocenters. The molecule has 1 aliphatic heterocycles. The van der Waals surface area contributed by atoms with E-state index in [1.165, 1.54) is 21.3 Å². The largest absolute Gasteiger partial charge is 0.472 e. The maximum absolute atomic E-state index is 13.2. The summed E-state index contributed by atoms with van der Waals surface area (Å²) in [6.07, 6.45) is 5.78. The zero-order valence-corrected chi connectivity index (χ0v) is 18.2. The molecule has 1 aliphatic rings. The first-order chi connectivity index (χ1) is 14.5. The van der Waals surface area contributed by atoms with Crippen molar-refractivity contribution in [2.75, 3.05) is 19.6 Å². The zero-order valence-electron chi connectivity index (χ0n) is 16.6. The van der Waals surface area contributed by atoms with E-state index >= 15 is 0 Å². The molecule has 0 radical (unpaired) electrons. The van der Waals surface area contributed by atoms with Crippen molar-refractivity contribution in [2.24, 2.45) is 0 Å². The lowest BCUT2D eigenvalue weighted by molar-refractivity contribution is 0.0745. The highest BCUT2D eigenvalue weighted by Gasteiger charge is 2.27. The van der Waals surface area contributed by atoms with Crippen LogP contribution in [-0.2, 0) is 23.0 Å². The van der Waals surface area contributed by atoms with E-state index in [4.69, 9.17) is 4.42 Å². The first-order valence-electron chi connectivity index (χ1n) is 9.97. The zero-order chi connectivity index (χ0) is 21.0. The van der Waals surface area contributed by atoms with Gasteiger partial charge in [0.25, 0.3) is 5.91 Å². The van der Waals surface area contributed by atoms with Crippen LogP contribution in [0.2, 0.25) is 0 Å². The Morgan fingerprint density at radius 1 is 1.10 bits per heavy atom. The van der Waals surface area contributed by atoms with Crippen LogP contribution in [0.15, 0.2) is 69.7 Å². The fourth-order valence-corrected chi connectivity index (χ4v) is 5.80. The van der Waals surface area contributed by atoms with Gasteiger partial charge in [0.05, 0.1) is 17.4 Å². The molecule has 8 heteroatoms. The average molecular weight is 445 g/mol. The second kappa shape index (κ2) is 9.16. The molecule has 0 N–H and O–H groups in total. The summed E-state index contributed by atoms with van der Waals surface area (Å²) in [5, 5.41) is 2.02. The van der Waals surface area contributed by atoms with E-state index in [0.717, 1.165) is 24.8 Å². The van der Waals surface area contributed by atoms with Crippen molar-refractivity contribution in [3.05, 3.63) is 76.4 Å². The molecule has 0 saturated carbocycles. The molecule has 1 amide bonds. The Bertz CT molecular complexity index is 1050. The molecule has 1 fully saturated rings. The molecule has 0 aliphatic carbocycles. The van der Waals surface area contributed by atoms with Crippen molar-refractivity contribution in [2.45, 2.75) is 30.7 Å². The second-order valence-electron chi connectivity index (χ2n) is 7.32. The quantitative estimate of drug-likeness (QED) is 0.526. The van der Waals surface area contributed by atoms with Gasteiger partial charge >= 0.3 is 0 Å². The average Bonchev–Trinajstić information content (AvgIpc) is 3.54. The number of benzene rings is 1. The summed E-state index contributed by atoms with van der Waals surface area (Å²) in [6.45, 7) is 2.13. The molecule has 3 heterocycles. The Morgan fingerprint density at radius 3 is 2.50 bits per heavy atom. The summed E-state index contributed by atoms with van der Waals surface area (Å²) in [4.78, 5) is 16.4. The minimum Gasteiger partial charge on any atom is -0.472 e. The number of thiophene rings is 1. The number of furan rings is 1. The standard InChI is InChI=1S/C22H24N2O4S2/c25-22(19-5-7-21(8-6-19)30(26,27)24-11-1-2-12-24)23(16-18-10-14-28-17-18)13-9-20-4-3-15-29-20/h3-8,10,14-15,17H,1-2,9,11-13,16H2. The number of carbonyl (C=O) groups excluding carboxylic acids is 1. The monoisotopic (exact) mass is 444 g/mol. The molecular formula is C22H24N2O4S2. The summed E-state index contributed by atoms with van der Waals surface area (Å²) < 4.78 is 32.1. The van der Waals surface area contributed by atoms with Gasteiger partial charge in [-0.2, -0.15) is 4.31 Å². The smallest absolute Gasteiger partial charge is 0.254 e. The molecule has 1 saturated heterocycles. The van der Waals surface area contributed by atoms with Crippen LogP contribution in [0.5, 0.6) is 0 Å². The van der Waals surface area contributed by atoms with Gasteiger partial charge in [-0.15, -0.1) is 11.3 Å². The Balaban J connectivity index is 1.51. The fraction of sp³-hybridized carbons (Fsp3) is 0.318. The molecule has 6 nitrogen and oxygen atoms in total. The molecular weight excluding hydrogens is 420 g/mol. The van der Waals surface area contributed by atoms with Crippen molar-refractivity contribution >= 4 is 27.3 Å². The van der Waals surface area contributed by atoms with Crippen molar-refractivity contribution in [3.63, 3.8) is 0 Å². The van der Waals surface area contributed by atoms with Gasteiger partial charge in [0.2, 0.25) is 10.0 Å². The van der Waals surface area contributed by atoms with Gasteiger partial charge in [-0.3, -0.25) is 4.79 Å². The summed E-state index contributed by atoms with van der Waals surface area (Å²) in [5.41, 5.74) is 1.40. The maximum atomic E-state index is 13.2. The fourth-order valence-electron chi connectivity index (χ4n) is 3.58. The molecule has 0 spiro atoms. The third-order valence-electron chi connectivity index (χ3n) is 5.25. The Morgan fingerprint density at radius 2 is 1.87 bits per heavy atom. The number of rotatable bonds is 8. The number of carbonyl (C=O) groups is 1. The predicted molar refractivity (Wildman–Crippen MR) is 116 cm³/mol. The van der Waals surface area contributed by atoms with E-state index < -0.39 is 10.0 Å². The van der Waals surface area contributed by atoms with Crippen molar-refractivity contribution in [1.29, 1.82) is 0 Å². The van der Waals surface area contributed by atoms with Crippen LogP contribution in [-0.4, -0.2) is 43.2 Å². The Labute approximate surface area is 180 Å². The second-order valence-corrected chi connectivity index (χ2v) is 10.3. The summed E-state index contributed by atoms with van der Waals surface area (Å²) in [6, 6.07) is 12.2. The van der Waals surface area contributed by atoms with Crippen molar-refractivity contribution in [1.82, 2.24) is 9.21 Å². The molecule has 3 aromatic rings. The molecule has 30 heavy (non-hydrogen) atoms. The van der Waals surface area contributed by atoms with Gasteiger partial charge in [0.1, 0.15) is 0 Å². The highest BCUT2D eigenvalue weighted by Crippen LogP contribution is 2.22. The van der Waals surface area contributed by atoms with Gasteiger partial charge in [-0.05, 0) is 61.0 Å². The first kappa shape index (κ1) is 20.8. The first-order valence-corrected chi connectivity index (χ1v) is 12.3. The van der Waals surface area contributed by atoms with Crippen LogP contribution in [0.25, 0.3) is 0 Å². The van der Waals surface area contributed by atoms with E-state index in [9.17, 15) is 13.2 Å². The van der Waals surface area contributed by atoms with Crippen LogP contribution >= 0.6 is 11.3 Å². The third-order valence-corrected chi connectivity index (χ3v) is 8.10. The van der Waals surface area contributed by atoms with E-state index in [0.29, 0.717) is 31.7 Å². The topological polar surface area (TPSA) is 70.8 Å². The van der Waals surface area contributed by atoms with E-state index in [1.807, 2.05) is 17.5 Å². The molecule has 1 aromatic carbocycles. The van der Waals surface area contributed by atoms with Crippen LogP contribution in [0.1, 0.15) is 33.6 Å².